The van der Waals surface area contributed by atoms with Crippen molar-refractivity contribution in [2.24, 2.45) is 4.99 Å². The van der Waals surface area contributed by atoms with Crippen LogP contribution in [0.4, 0.5) is 5.82 Å². The number of aromatic nitrogens is 3. The standard InChI is InChI=1S/C30H32N6O/c31-29-28-27(21-7-6-20-8-9-25(34-26(20)18-21)19-4-2-1-3-5-19)35-30(36(28)13-12-32-29)22-16-24(17-22)33-23-10-14-37-15-11-23/h1-9,12-13,22-24,26,33H,10-11,14-18H2,(H2,31,32). The summed E-state index contributed by atoms with van der Waals surface area (Å²) in [7, 11) is 0. The van der Waals surface area contributed by atoms with E-state index in [0.29, 0.717) is 23.8 Å². The van der Waals surface area contributed by atoms with Gasteiger partial charge in [-0.1, -0.05) is 48.6 Å². The number of nitrogen functional groups attached to an aromatic ring is 1. The number of fused-ring (bicyclic) bond motifs is 2. The molecule has 0 amide bonds. The molecule has 2 fully saturated rings. The molecule has 0 spiro atoms. The van der Waals surface area contributed by atoms with Crippen LogP contribution < -0.4 is 11.1 Å². The van der Waals surface area contributed by atoms with E-state index in [0.717, 1.165) is 73.6 Å². The van der Waals surface area contributed by atoms with Gasteiger partial charge in [-0.05, 0) is 48.5 Å². The topological polar surface area (TPSA) is 89.8 Å². The van der Waals surface area contributed by atoms with Crippen molar-refractivity contribution in [2.75, 3.05) is 18.9 Å². The third-order valence-corrected chi connectivity index (χ3v) is 8.18. The highest BCUT2D eigenvalue weighted by Crippen LogP contribution is 2.41. The molecule has 188 valence electrons. The maximum atomic E-state index is 6.44. The maximum absolute atomic E-state index is 6.44. The van der Waals surface area contributed by atoms with Gasteiger partial charge in [-0.25, -0.2) is 9.97 Å². The molecule has 4 aliphatic rings. The van der Waals surface area contributed by atoms with Gasteiger partial charge in [0, 0.05) is 50.0 Å². The summed E-state index contributed by atoms with van der Waals surface area (Å²) in [6.07, 6.45) is 17.7. The van der Waals surface area contributed by atoms with E-state index in [1.54, 1.807) is 6.20 Å². The highest BCUT2D eigenvalue weighted by Gasteiger charge is 2.36. The summed E-state index contributed by atoms with van der Waals surface area (Å²) in [5.41, 5.74) is 12.9. The van der Waals surface area contributed by atoms with E-state index < -0.39 is 0 Å². The first kappa shape index (κ1) is 22.6. The molecule has 2 aromatic heterocycles. The lowest BCUT2D eigenvalue weighted by Gasteiger charge is -2.38. The van der Waals surface area contributed by atoms with Crippen LogP contribution in [0.2, 0.25) is 0 Å². The number of hydrogen-bond acceptors (Lipinski definition) is 6. The fourth-order valence-electron chi connectivity index (χ4n) is 6.09. The first-order chi connectivity index (χ1) is 18.2. The van der Waals surface area contributed by atoms with Crippen LogP contribution in [-0.2, 0) is 4.74 Å². The Balaban J connectivity index is 1.16. The predicted octanol–water partition coefficient (Wildman–Crippen LogP) is 4.47. The Hall–Kier alpha value is -3.55. The second kappa shape index (κ2) is 9.39. The number of benzene rings is 1. The van der Waals surface area contributed by atoms with Gasteiger partial charge in [-0.2, -0.15) is 0 Å². The number of nitrogens with zero attached hydrogens (tertiary/aromatic N) is 4. The highest BCUT2D eigenvalue weighted by atomic mass is 16.5. The number of dihydropyridines is 1. The maximum Gasteiger partial charge on any atom is 0.150 e. The third kappa shape index (κ3) is 4.22. The molecule has 2 aliphatic heterocycles. The van der Waals surface area contributed by atoms with Crippen molar-refractivity contribution in [3.05, 3.63) is 89.7 Å². The molecule has 4 heterocycles. The molecule has 0 bridgehead atoms. The van der Waals surface area contributed by atoms with Crippen LogP contribution in [0, 0.1) is 0 Å². The molecule has 1 saturated heterocycles. The van der Waals surface area contributed by atoms with Crippen LogP contribution >= 0.6 is 0 Å². The van der Waals surface area contributed by atoms with Crippen LogP contribution in [0.15, 0.2) is 77.6 Å². The van der Waals surface area contributed by atoms with E-state index in [-0.39, 0.29) is 6.04 Å². The summed E-state index contributed by atoms with van der Waals surface area (Å²) in [5, 5.41) is 3.84. The molecule has 2 aliphatic carbocycles. The lowest BCUT2D eigenvalue weighted by atomic mass is 9.79. The van der Waals surface area contributed by atoms with Crippen molar-refractivity contribution in [1.29, 1.82) is 0 Å². The van der Waals surface area contributed by atoms with E-state index in [1.165, 1.54) is 11.1 Å². The van der Waals surface area contributed by atoms with Gasteiger partial charge in [-0.15, -0.1) is 0 Å². The van der Waals surface area contributed by atoms with Crippen LogP contribution in [0.3, 0.4) is 0 Å². The molecule has 3 aromatic rings. The average molecular weight is 493 g/mol. The second-order valence-electron chi connectivity index (χ2n) is 10.6. The fraction of sp³-hybridized carbons (Fsp3) is 0.367. The Morgan fingerprint density at radius 3 is 2.68 bits per heavy atom. The largest absolute Gasteiger partial charge is 0.382 e. The van der Waals surface area contributed by atoms with Crippen molar-refractivity contribution in [3.63, 3.8) is 0 Å². The summed E-state index contributed by atoms with van der Waals surface area (Å²) >= 11 is 0. The molecule has 1 aromatic carbocycles. The minimum absolute atomic E-state index is 0.0788. The molecule has 1 unspecified atom stereocenters. The summed E-state index contributed by atoms with van der Waals surface area (Å²) < 4.78 is 7.69. The zero-order valence-corrected chi connectivity index (χ0v) is 20.9. The number of nitrogens with one attached hydrogen (secondary N) is 1. The first-order valence-electron chi connectivity index (χ1n) is 13.4. The Kier molecular flexibility index (Phi) is 5.75. The number of anilines is 1. The van der Waals surface area contributed by atoms with Crippen LogP contribution in [0.1, 0.15) is 55.1 Å². The lowest BCUT2D eigenvalue weighted by Crippen LogP contribution is -2.47. The monoisotopic (exact) mass is 492 g/mol. The van der Waals surface area contributed by atoms with Crippen molar-refractivity contribution in [2.45, 2.75) is 56.1 Å². The molecule has 7 nitrogen and oxygen atoms in total. The number of aliphatic imine (C=N–C) groups is 1. The van der Waals surface area contributed by atoms with Gasteiger partial charge in [0.2, 0.25) is 0 Å². The summed E-state index contributed by atoms with van der Waals surface area (Å²) in [4.78, 5) is 14.7. The zero-order valence-electron chi connectivity index (χ0n) is 20.9. The Morgan fingerprint density at radius 2 is 1.84 bits per heavy atom. The average Bonchev–Trinajstić information content (AvgIpc) is 3.31. The highest BCUT2D eigenvalue weighted by molar-refractivity contribution is 6.10. The predicted molar refractivity (Wildman–Crippen MR) is 147 cm³/mol. The van der Waals surface area contributed by atoms with Gasteiger partial charge in [0.05, 0.1) is 17.4 Å². The van der Waals surface area contributed by atoms with Crippen molar-refractivity contribution >= 4 is 22.6 Å². The van der Waals surface area contributed by atoms with Crippen LogP contribution in [0.5, 0.6) is 0 Å². The molecule has 7 heteroatoms. The van der Waals surface area contributed by atoms with Gasteiger partial charge < -0.3 is 15.8 Å². The number of rotatable bonds is 5. The second-order valence-corrected chi connectivity index (χ2v) is 10.6. The van der Waals surface area contributed by atoms with Crippen LogP contribution in [-0.4, -0.2) is 51.4 Å². The van der Waals surface area contributed by atoms with Gasteiger partial charge >= 0.3 is 0 Å². The number of hydrogen-bond donors (Lipinski definition) is 2. The lowest BCUT2D eigenvalue weighted by molar-refractivity contribution is 0.0695. The van der Waals surface area contributed by atoms with Gasteiger partial charge in [0.1, 0.15) is 17.2 Å². The smallest absolute Gasteiger partial charge is 0.150 e. The van der Waals surface area contributed by atoms with Gasteiger partial charge in [0.15, 0.2) is 0 Å². The van der Waals surface area contributed by atoms with Crippen LogP contribution in [0.25, 0.3) is 11.1 Å². The summed E-state index contributed by atoms with van der Waals surface area (Å²) in [6.45, 7) is 1.74. The zero-order chi connectivity index (χ0) is 24.8. The molecule has 37 heavy (non-hydrogen) atoms. The molecular weight excluding hydrogens is 460 g/mol. The summed E-state index contributed by atoms with van der Waals surface area (Å²) in [5.74, 6) is 2.04. The Bertz CT molecular complexity index is 1440. The van der Waals surface area contributed by atoms with E-state index in [2.05, 4.69) is 63.3 Å². The number of imidazole rings is 1. The minimum atomic E-state index is 0.0788. The van der Waals surface area contributed by atoms with E-state index in [1.807, 2.05) is 12.3 Å². The molecule has 1 atom stereocenters. The summed E-state index contributed by atoms with van der Waals surface area (Å²) in [6, 6.07) is 11.6. The number of nitrogens with two attached hydrogens (primary N) is 1. The molecule has 1 saturated carbocycles. The van der Waals surface area contributed by atoms with Gasteiger partial charge in [-0.3, -0.25) is 9.39 Å². The molecule has 3 N–H and O–H groups in total. The van der Waals surface area contributed by atoms with Crippen molar-refractivity contribution in [1.82, 2.24) is 19.7 Å². The SMILES string of the molecule is Nc1nccn2c(C3CC(NC4CCOCC4)C3)nc(C3=CC=C4C=CC(c5ccccc5)=NC4C3)c12. The Morgan fingerprint density at radius 1 is 1.00 bits per heavy atom. The van der Waals surface area contributed by atoms with E-state index >= 15 is 0 Å². The molecule has 0 radical (unpaired) electrons. The minimum Gasteiger partial charge on any atom is -0.382 e. The van der Waals surface area contributed by atoms with E-state index in [4.69, 9.17) is 20.4 Å². The molecular formula is C30H32N6O. The number of ether oxygens (including phenoxy) is 1. The molecule has 7 rings (SSSR count). The quantitative estimate of drug-likeness (QED) is 0.549. The first-order valence-corrected chi connectivity index (χ1v) is 13.4. The fourth-order valence-corrected chi connectivity index (χ4v) is 6.09. The van der Waals surface area contributed by atoms with Crippen molar-refractivity contribution < 1.29 is 4.74 Å². The van der Waals surface area contributed by atoms with E-state index in [9.17, 15) is 0 Å². The normalized spacial score (nSPS) is 25.7. The van der Waals surface area contributed by atoms with Gasteiger partial charge in [0.25, 0.3) is 0 Å². The Labute approximate surface area is 216 Å². The third-order valence-electron chi connectivity index (χ3n) is 8.18. The number of allylic oxidation sites excluding steroid dienone is 3. The van der Waals surface area contributed by atoms with Crippen molar-refractivity contribution in [3.8, 4) is 0 Å².